The summed E-state index contributed by atoms with van der Waals surface area (Å²) in [6.45, 7) is 19.0. The molecule has 1 aromatic rings. The van der Waals surface area contributed by atoms with E-state index < -0.39 is 35.1 Å². The number of carbonyl (C=O) groups is 3. The minimum atomic E-state index is -1.09. The molecule has 8 heteroatoms. The Balaban J connectivity index is 1.76. The van der Waals surface area contributed by atoms with Crippen LogP contribution in [0.1, 0.15) is 60.3 Å². The van der Waals surface area contributed by atoms with E-state index in [1.165, 1.54) is 0 Å². The number of hydrogen-bond acceptors (Lipinski definition) is 5. The predicted octanol–water partition coefficient (Wildman–Crippen LogP) is 4.19. The minimum Gasteiger partial charge on any atom is -0.396 e. The van der Waals surface area contributed by atoms with Gasteiger partial charge in [0.2, 0.25) is 17.7 Å². The highest BCUT2D eigenvalue weighted by molar-refractivity contribution is 6.03. The second-order valence-corrected chi connectivity index (χ2v) is 13.5. The average Bonchev–Trinajstić information content (AvgIpc) is 3.54. The number of likely N-dealkylation sites (tertiary alicyclic amines) is 1. The summed E-state index contributed by atoms with van der Waals surface area (Å²) in [6.07, 6.45) is 5.15. The van der Waals surface area contributed by atoms with Crippen LogP contribution < -0.4 is 4.90 Å². The smallest absolute Gasteiger partial charge is 0.249 e. The molecule has 3 aliphatic heterocycles. The lowest BCUT2D eigenvalue weighted by Crippen LogP contribution is -2.61. The molecular weight excluding hydrogens is 518 g/mol. The van der Waals surface area contributed by atoms with Gasteiger partial charge in [0, 0.05) is 37.5 Å². The van der Waals surface area contributed by atoms with Crippen LogP contribution in [0.5, 0.6) is 0 Å². The monoisotopic (exact) mass is 565 g/mol. The molecule has 2 bridgehead atoms. The molecule has 4 rings (SSSR count). The highest BCUT2D eigenvalue weighted by atomic mass is 16.5. The summed E-state index contributed by atoms with van der Waals surface area (Å²) in [5, 5.41) is 9.67. The third-order valence-electron chi connectivity index (χ3n) is 8.79. The Morgan fingerprint density at radius 2 is 1.76 bits per heavy atom. The van der Waals surface area contributed by atoms with Crippen molar-refractivity contribution in [1.29, 1.82) is 0 Å². The van der Waals surface area contributed by atoms with E-state index >= 15 is 0 Å². The van der Waals surface area contributed by atoms with Gasteiger partial charge in [-0.25, -0.2) is 0 Å². The largest absolute Gasteiger partial charge is 0.396 e. The van der Waals surface area contributed by atoms with E-state index in [0.717, 1.165) is 12.1 Å². The van der Waals surface area contributed by atoms with Gasteiger partial charge in [0.1, 0.15) is 11.6 Å². The molecule has 8 nitrogen and oxygen atoms in total. The number of ether oxygens (including phenoxy) is 1. The Bertz CT molecular complexity index is 1160. The van der Waals surface area contributed by atoms with Crippen molar-refractivity contribution in [3.8, 4) is 0 Å². The lowest BCUT2D eigenvalue weighted by Gasteiger charge is -2.45. The van der Waals surface area contributed by atoms with Crippen LogP contribution >= 0.6 is 0 Å². The average molecular weight is 566 g/mol. The fourth-order valence-corrected chi connectivity index (χ4v) is 7.74. The molecule has 0 saturated carbocycles. The number of carbonyl (C=O) groups excluding carboxylic acids is 3. The summed E-state index contributed by atoms with van der Waals surface area (Å²) < 4.78 is 6.67. The van der Waals surface area contributed by atoms with E-state index in [0.29, 0.717) is 32.4 Å². The molecule has 224 valence electrons. The summed E-state index contributed by atoms with van der Waals surface area (Å²) in [6, 6.07) is 8.49. The number of hydrogen-bond donors (Lipinski definition) is 1. The predicted molar refractivity (Wildman–Crippen MR) is 160 cm³/mol. The Morgan fingerprint density at radius 1 is 1.10 bits per heavy atom. The van der Waals surface area contributed by atoms with Crippen molar-refractivity contribution in [2.24, 2.45) is 17.3 Å². The van der Waals surface area contributed by atoms with Crippen LogP contribution in [0.3, 0.4) is 0 Å². The molecule has 41 heavy (non-hydrogen) atoms. The number of benzene rings is 1. The van der Waals surface area contributed by atoms with Crippen molar-refractivity contribution in [2.45, 2.75) is 83.6 Å². The minimum absolute atomic E-state index is 0.0437. The van der Waals surface area contributed by atoms with Crippen LogP contribution in [0, 0.1) is 17.3 Å². The SMILES string of the molecule is C=CCN(C(=O)[C@@H]1[C@@H]2CCC3(O2)C(C(=O)N(CC=C)C(C)(C)CC(C)(C)C)N(CCCO)C(=O)[C@H]13)c1ccccc1. The molecular formula is C33H47N3O5. The number of nitrogens with zero attached hydrogens (tertiary/aromatic N) is 3. The molecule has 3 heterocycles. The van der Waals surface area contributed by atoms with E-state index in [-0.39, 0.29) is 36.3 Å². The van der Waals surface area contributed by atoms with Gasteiger partial charge in [-0.1, -0.05) is 51.1 Å². The van der Waals surface area contributed by atoms with Crippen molar-refractivity contribution < 1.29 is 24.2 Å². The molecule has 1 aromatic carbocycles. The number of rotatable bonds is 12. The van der Waals surface area contributed by atoms with Crippen LogP contribution in [-0.4, -0.2) is 82.2 Å². The quantitative estimate of drug-likeness (QED) is 0.384. The van der Waals surface area contributed by atoms with E-state index in [9.17, 15) is 19.5 Å². The number of para-hydroxylation sites is 1. The molecule has 0 aliphatic carbocycles. The molecule has 3 saturated heterocycles. The molecule has 2 unspecified atom stereocenters. The second kappa shape index (κ2) is 11.7. The standard InChI is InChI=1S/C33H47N3O5/c1-8-18-34(23-14-11-10-12-15-23)28(38)25-24-16-17-33(41-24)26(25)29(39)35(20-13-21-37)27(33)30(40)36(19-9-2)32(6,7)22-31(3,4)5/h8-12,14-15,24-27,37H,1-2,13,16-22H2,3-7H3/t24-,25+,26-,27?,33?/m0/s1. The maximum atomic E-state index is 14.7. The highest BCUT2D eigenvalue weighted by Gasteiger charge is 2.75. The van der Waals surface area contributed by atoms with Gasteiger partial charge in [0.05, 0.1) is 17.9 Å². The Labute approximate surface area is 245 Å². The highest BCUT2D eigenvalue weighted by Crippen LogP contribution is 2.59. The Hall–Kier alpha value is -2.97. The first kappa shape index (κ1) is 31.0. The van der Waals surface area contributed by atoms with Gasteiger partial charge in [-0.3, -0.25) is 14.4 Å². The summed E-state index contributed by atoms with van der Waals surface area (Å²) >= 11 is 0. The van der Waals surface area contributed by atoms with E-state index in [1.807, 2.05) is 35.2 Å². The maximum absolute atomic E-state index is 14.7. The summed E-state index contributed by atoms with van der Waals surface area (Å²) in [7, 11) is 0. The molecule has 3 aliphatic rings. The zero-order chi connectivity index (χ0) is 30.2. The Morgan fingerprint density at radius 3 is 2.34 bits per heavy atom. The van der Waals surface area contributed by atoms with Crippen molar-refractivity contribution in [2.75, 3.05) is 31.1 Å². The number of amides is 3. The molecule has 1 N–H and O–H groups in total. The van der Waals surface area contributed by atoms with Crippen molar-refractivity contribution in [3.05, 3.63) is 55.6 Å². The van der Waals surface area contributed by atoms with E-state index in [1.54, 1.807) is 22.0 Å². The first-order valence-corrected chi connectivity index (χ1v) is 14.8. The number of anilines is 1. The summed E-state index contributed by atoms with van der Waals surface area (Å²) in [5.74, 6) is -2.09. The first-order valence-electron chi connectivity index (χ1n) is 14.8. The molecule has 0 radical (unpaired) electrons. The topological polar surface area (TPSA) is 90.4 Å². The normalized spacial score (nSPS) is 27.1. The maximum Gasteiger partial charge on any atom is 0.249 e. The molecule has 0 aromatic heterocycles. The molecule has 5 atom stereocenters. The van der Waals surface area contributed by atoms with Crippen LogP contribution in [0.25, 0.3) is 0 Å². The van der Waals surface area contributed by atoms with Gasteiger partial charge < -0.3 is 24.5 Å². The van der Waals surface area contributed by atoms with Crippen LogP contribution in [0.4, 0.5) is 5.69 Å². The number of fused-ring (bicyclic) bond motifs is 1. The van der Waals surface area contributed by atoms with E-state index in [4.69, 9.17) is 4.74 Å². The van der Waals surface area contributed by atoms with Gasteiger partial charge >= 0.3 is 0 Å². The number of aliphatic hydroxyl groups is 1. The van der Waals surface area contributed by atoms with Crippen LogP contribution in [0.15, 0.2) is 55.6 Å². The van der Waals surface area contributed by atoms with Gasteiger partial charge in [-0.2, -0.15) is 0 Å². The van der Waals surface area contributed by atoms with Gasteiger partial charge in [0.15, 0.2) is 0 Å². The van der Waals surface area contributed by atoms with Gasteiger partial charge in [-0.05, 0) is 57.1 Å². The molecule has 1 spiro atoms. The van der Waals surface area contributed by atoms with Crippen molar-refractivity contribution in [3.63, 3.8) is 0 Å². The van der Waals surface area contributed by atoms with Crippen LogP contribution in [0.2, 0.25) is 0 Å². The first-order chi connectivity index (χ1) is 19.3. The van der Waals surface area contributed by atoms with E-state index in [2.05, 4.69) is 47.8 Å². The fraction of sp³-hybridized carbons (Fsp3) is 0.606. The van der Waals surface area contributed by atoms with Gasteiger partial charge in [0.25, 0.3) is 0 Å². The fourth-order valence-electron chi connectivity index (χ4n) is 7.74. The zero-order valence-electron chi connectivity index (χ0n) is 25.3. The van der Waals surface area contributed by atoms with Crippen LogP contribution in [-0.2, 0) is 19.1 Å². The lowest BCUT2D eigenvalue weighted by atomic mass is 9.70. The summed E-state index contributed by atoms with van der Waals surface area (Å²) in [5.41, 5.74) is -0.935. The molecule has 3 fully saturated rings. The van der Waals surface area contributed by atoms with Crippen molar-refractivity contribution in [1.82, 2.24) is 9.80 Å². The lowest BCUT2D eigenvalue weighted by molar-refractivity contribution is -0.152. The van der Waals surface area contributed by atoms with Crippen molar-refractivity contribution >= 4 is 23.4 Å². The zero-order valence-corrected chi connectivity index (χ0v) is 25.3. The third kappa shape index (κ3) is 5.61. The van der Waals surface area contributed by atoms with Gasteiger partial charge in [-0.15, -0.1) is 13.2 Å². The molecule has 3 amide bonds. The Kier molecular flexibility index (Phi) is 8.86. The third-order valence-corrected chi connectivity index (χ3v) is 8.79. The summed E-state index contributed by atoms with van der Waals surface area (Å²) in [4.78, 5) is 48.3. The second-order valence-electron chi connectivity index (χ2n) is 13.5. The number of aliphatic hydroxyl groups excluding tert-OH is 1.